The Kier molecular flexibility index (Phi) is 4.71. The zero-order chi connectivity index (χ0) is 16.8. The molecule has 24 heavy (non-hydrogen) atoms. The average Bonchev–Trinajstić information content (AvgIpc) is 3.12. The number of nitrogens with zero attached hydrogens (tertiary/aromatic N) is 4. The Hall–Kier alpha value is -3.35. The topological polar surface area (TPSA) is 101 Å². The van der Waals surface area contributed by atoms with E-state index in [9.17, 15) is 0 Å². The summed E-state index contributed by atoms with van der Waals surface area (Å²) in [5.41, 5.74) is 8.09. The lowest BCUT2D eigenvalue weighted by molar-refractivity contribution is 0.303. The van der Waals surface area contributed by atoms with Gasteiger partial charge in [0.25, 0.3) is 0 Å². The molecule has 3 aromatic rings. The molecule has 0 aliphatic carbocycles. The summed E-state index contributed by atoms with van der Waals surface area (Å²) in [6.07, 6.45) is 0. The van der Waals surface area contributed by atoms with Gasteiger partial charge < -0.3 is 15.8 Å². The lowest BCUT2D eigenvalue weighted by atomic mass is 10.1. The molecule has 7 nitrogen and oxygen atoms in total. The Morgan fingerprint density at radius 3 is 2.00 bits per heavy atom. The van der Waals surface area contributed by atoms with E-state index in [1.54, 1.807) is 0 Å². The van der Waals surface area contributed by atoms with Gasteiger partial charge in [0.05, 0.1) is 0 Å². The number of anilines is 1. The number of aromatic nitrogens is 2. The van der Waals surface area contributed by atoms with Gasteiger partial charge in [0.2, 0.25) is 5.82 Å². The van der Waals surface area contributed by atoms with Crippen LogP contribution in [0.25, 0.3) is 0 Å². The van der Waals surface area contributed by atoms with Crippen molar-refractivity contribution in [3.63, 3.8) is 0 Å². The van der Waals surface area contributed by atoms with E-state index < -0.39 is 0 Å². The van der Waals surface area contributed by atoms with Crippen molar-refractivity contribution in [2.75, 3.05) is 4.90 Å². The zero-order valence-electron chi connectivity index (χ0n) is 12.9. The summed E-state index contributed by atoms with van der Waals surface area (Å²) in [4.78, 5) is 1.97. The minimum absolute atomic E-state index is 0.141. The lowest BCUT2D eigenvalue weighted by Gasteiger charge is -2.22. The molecule has 1 heterocycles. The molecule has 0 fully saturated rings. The quantitative estimate of drug-likeness (QED) is 0.312. The molecule has 0 saturated carbocycles. The molecular formula is C17H17N5O2. The molecule has 0 amide bonds. The lowest BCUT2D eigenvalue weighted by Crippen LogP contribution is -2.26. The van der Waals surface area contributed by atoms with Crippen LogP contribution in [0, 0.1) is 0 Å². The summed E-state index contributed by atoms with van der Waals surface area (Å²) in [6.45, 7) is 1.16. The molecule has 0 unspecified atom stereocenters. The SMILES string of the molecule is NC(=NO)c1nonc1N(Cc1ccccc1)Cc1ccccc1. The number of rotatable bonds is 6. The van der Waals surface area contributed by atoms with Crippen molar-refractivity contribution in [2.24, 2.45) is 10.9 Å². The van der Waals surface area contributed by atoms with E-state index in [-0.39, 0.29) is 11.5 Å². The summed E-state index contributed by atoms with van der Waals surface area (Å²) in [5.74, 6) is 0.287. The third-order valence-electron chi connectivity index (χ3n) is 3.55. The van der Waals surface area contributed by atoms with Crippen LogP contribution in [0.3, 0.4) is 0 Å². The first-order valence-electron chi connectivity index (χ1n) is 7.41. The fourth-order valence-corrected chi connectivity index (χ4v) is 2.41. The Morgan fingerprint density at radius 2 is 1.50 bits per heavy atom. The van der Waals surface area contributed by atoms with E-state index in [0.29, 0.717) is 18.9 Å². The second-order valence-electron chi connectivity index (χ2n) is 5.25. The predicted molar refractivity (Wildman–Crippen MR) is 89.6 cm³/mol. The van der Waals surface area contributed by atoms with Gasteiger partial charge in [-0.15, -0.1) is 0 Å². The van der Waals surface area contributed by atoms with Crippen LogP contribution in [-0.2, 0) is 13.1 Å². The van der Waals surface area contributed by atoms with E-state index >= 15 is 0 Å². The highest BCUT2D eigenvalue weighted by Gasteiger charge is 2.21. The molecule has 0 spiro atoms. The van der Waals surface area contributed by atoms with Crippen LogP contribution in [0.4, 0.5) is 5.82 Å². The molecule has 1 aromatic heterocycles. The number of hydrogen-bond acceptors (Lipinski definition) is 6. The number of nitrogens with two attached hydrogens (primary N) is 1. The Labute approximate surface area is 139 Å². The molecule has 0 atom stereocenters. The van der Waals surface area contributed by atoms with Crippen LogP contribution in [-0.4, -0.2) is 21.4 Å². The molecule has 0 aliphatic heterocycles. The maximum atomic E-state index is 8.93. The first kappa shape index (κ1) is 15.5. The van der Waals surface area contributed by atoms with Gasteiger partial charge in [-0.3, -0.25) is 0 Å². The molecule has 2 aromatic carbocycles. The van der Waals surface area contributed by atoms with E-state index in [0.717, 1.165) is 11.1 Å². The third-order valence-corrected chi connectivity index (χ3v) is 3.55. The highest BCUT2D eigenvalue weighted by Crippen LogP contribution is 2.21. The standard InChI is InChI=1S/C17H17N5O2/c18-16(19-23)15-17(21-24-20-15)22(11-13-7-3-1-4-8-13)12-14-9-5-2-6-10-14/h1-10,23H,11-12H2,(H2,18,19). The van der Waals surface area contributed by atoms with Gasteiger partial charge in [-0.2, -0.15) is 0 Å². The molecule has 7 heteroatoms. The summed E-state index contributed by atoms with van der Waals surface area (Å²) < 4.78 is 4.81. The third kappa shape index (κ3) is 3.52. The maximum absolute atomic E-state index is 8.93. The van der Waals surface area contributed by atoms with Crippen LogP contribution in [0.2, 0.25) is 0 Å². The second-order valence-corrected chi connectivity index (χ2v) is 5.25. The fourth-order valence-electron chi connectivity index (χ4n) is 2.41. The number of benzene rings is 2. The van der Waals surface area contributed by atoms with Gasteiger partial charge in [0, 0.05) is 13.1 Å². The zero-order valence-corrected chi connectivity index (χ0v) is 12.9. The highest BCUT2D eigenvalue weighted by molar-refractivity contribution is 5.99. The Balaban J connectivity index is 1.94. The van der Waals surface area contributed by atoms with Crippen molar-refractivity contribution in [2.45, 2.75) is 13.1 Å². The van der Waals surface area contributed by atoms with E-state index in [1.807, 2.05) is 65.6 Å². The number of oxime groups is 1. The molecule has 122 valence electrons. The van der Waals surface area contributed by atoms with E-state index in [4.69, 9.17) is 15.6 Å². The van der Waals surface area contributed by atoms with Gasteiger partial charge in [0.1, 0.15) is 0 Å². The van der Waals surface area contributed by atoms with Gasteiger partial charge in [-0.1, -0.05) is 65.8 Å². The maximum Gasteiger partial charge on any atom is 0.205 e. The van der Waals surface area contributed by atoms with Gasteiger partial charge in [-0.25, -0.2) is 4.63 Å². The summed E-state index contributed by atoms with van der Waals surface area (Å²) in [7, 11) is 0. The molecular weight excluding hydrogens is 306 g/mol. The van der Waals surface area contributed by atoms with Gasteiger partial charge in [0.15, 0.2) is 11.5 Å². The van der Waals surface area contributed by atoms with E-state index in [2.05, 4.69) is 15.5 Å². The van der Waals surface area contributed by atoms with Crippen molar-refractivity contribution in [3.8, 4) is 0 Å². The van der Waals surface area contributed by atoms with Crippen LogP contribution >= 0.6 is 0 Å². The minimum Gasteiger partial charge on any atom is -0.409 e. The fraction of sp³-hybridized carbons (Fsp3) is 0.118. The predicted octanol–water partition coefficient (Wildman–Crippen LogP) is 2.37. The van der Waals surface area contributed by atoms with Gasteiger partial charge in [-0.05, 0) is 21.4 Å². The average molecular weight is 323 g/mol. The highest BCUT2D eigenvalue weighted by atomic mass is 16.6. The molecule has 0 bridgehead atoms. The van der Waals surface area contributed by atoms with Crippen LogP contribution in [0.1, 0.15) is 16.8 Å². The molecule has 0 saturated heterocycles. The van der Waals surface area contributed by atoms with Crippen molar-refractivity contribution in [1.29, 1.82) is 0 Å². The largest absolute Gasteiger partial charge is 0.409 e. The first-order valence-corrected chi connectivity index (χ1v) is 7.41. The molecule has 3 N–H and O–H groups in total. The normalized spacial score (nSPS) is 11.4. The van der Waals surface area contributed by atoms with Crippen LogP contribution < -0.4 is 10.6 Å². The Morgan fingerprint density at radius 1 is 0.958 bits per heavy atom. The minimum atomic E-state index is -0.141. The van der Waals surface area contributed by atoms with Crippen LogP contribution in [0.5, 0.6) is 0 Å². The van der Waals surface area contributed by atoms with Crippen molar-refractivity contribution >= 4 is 11.7 Å². The van der Waals surface area contributed by atoms with Crippen molar-refractivity contribution < 1.29 is 9.84 Å². The number of hydrogen-bond donors (Lipinski definition) is 2. The first-order chi connectivity index (χ1) is 11.8. The second kappa shape index (κ2) is 7.28. The molecule has 0 radical (unpaired) electrons. The summed E-state index contributed by atoms with van der Waals surface area (Å²) in [5, 5.41) is 19.6. The Bertz CT molecular complexity index is 761. The monoisotopic (exact) mass is 323 g/mol. The van der Waals surface area contributed by atoms with E-state index in [1.165, 1.54) is 0 Å². The molecule has 0 aliphatic rings. The summed E-state index contributed by atoms with van der Waals surface area (Å²) in [6, 6.07) is 19.9. The van der Waals surface area contributed by atoms with Crippen molar-refractivity contribution in [1.82, 2.24) is 10.3 Å². The number of amidine groups is 1. The molecule has 3 rings (SSSR count). The van der Waals surface area contributed by atoms with Gasteiger partial charge >= 0.3 is 0 Å². The smallest absolute Gasteiger partial charge is 0.205 e. The summed E-state index contributed by atoms with van der Waals surface area (Å²) >= 11 is 0. The van der Waals surface area contributed by atoms with Crippen molar-refractivity contribution in [3.05, 3.63) is 77.5 Å². The van der Waals surface area contributed by atoms with Crippen LogP contribution in [0.15, 0.2) is 70.4 Å².